The number of rotatable bonds is 8. The van der Waals surface area contributed by atoms with Gasteiger partial charge in [0.15, 0.2) is 20.5 Å². The minimum absolute atomic E-state index is 0.0966. The standard InChI is InChI=1S/C29H37NO7Si/c1-20(31)35-24-18-17-23(30-28(33)34-19-21-13-9-7-10-14-21)25(37-38(5,6)29(2,3)4)26(24)36-27(32)22-15-11-8-12-16-22/h7-18,23-26H,19H2,1-6H3,(H,30,33)/t23-,24+,25-,26-/m1/s1. The second-order valence-corrected chi connectivity index (χ2v) is 15.5. The lowest BCUT2D eigenvalue weighted by molar-refractivity contribution is -0.154. The third-order valence-electron chi connectivity index (χ3n) is 6.80. The summed E-state index contributed by atoms with van der Waals surface area (Å²) in [6.45, 7) is 11.8. The van der Waals surface area contributed by atoms with Crippen molar-refractivity contribution < 1.29 is 33.0 Å². The van der Waals surface area contributed by atoms with Crippen LogP contribution in [0.4, 0.5) is 4.79 Å². The molecule has 38 heavy (non-hydrogen) atoms. The smallest absolute Gasteiger partial charge is 0.408 e. The maximum absolute atomic E-state index is 13.1. The van der Waals surface area contributed by atoms with Gasteiger partial charge in [0.1, 0.15) is 12.7 Å². The molecule has 1 aliphatic carbocycles. The molecule has 0 fully saturated rings. The highest BCUT2D eigenvalue weighted by Crippen LogP contribution is 2.39. The Balaban J connectivity index is 1.90. The highest BCUT2D eigenvalue weighted by atomic mass is 28.4. The monoisotopic (exact) mass is 539 g/mol. The van der Waals surface area contributed by atoms with E-state index in [0.29, 0.717) is 5.56 Å². The zero-order valence-electron chi connectivity index (χ0n) is 22.8. The van der Waals surface area contributed by atoms with E-state index in [2.05, 4.69) is 39.2 Å². The Hall–Kier alpha value is -3.43. The number of benzene rings is 2. The molecule has 3 rings (SSSR count). The van der Waals surface area contributed by atoms with Crippen molar-refractivity contribution in [1.82, 2.24) is 5.32 Å². The lowest BCUT2D eigenvalue weighted by Crippen LogP contribution is -2.60. The number of alkyl carbamates (subject to hydrolysis) is 1. The van der Waals surface area contributed by atoms with E-state index in [1.165, 1.54) is 6.92 Å². The van der Waals surface area contributed by atoms with Crippen LogP contribution in [0.3, 0.4) is 0 Å². The van der Waals surface area contributed by atoms with Crippen molar-refractivity contribution in [1.29, 1.82) is 0 Å². The first-order valence-corrected chi connectivity index (χ1v) is 15.5. The Morgan fingerprint density at radius 1 is 0.868 bits per heavy atom. The van der Waals surface area contributed by atoms with Gasteiger partial charge in [-0.1, -0.05) is 75.4 Å². The third-order valence-corrected chi connectivity index (χ3v) is 11.3. The number of nitrogens with one attached hydrogen (secondary N) is 1. The second kappa shape index (κ2) is 12.4. The number of carbonyl (C=O) groups is 3. The predicted octanol–water partition coefficient (Wildman–Crippen LogP) is 5.40. The summed E-state index contributed by atoms with van der Waals surface area (Å²) in [5, 5.41) is 2.66. The molecule has 1 amide bonds. The minimum atomic E-state index is -2.46. The van der Waals surface area contributed by atoms with E-state index >= 15 is 0 Å². The molecule has 4 atom stereocenters. The number of hydrogen-bond acceptors (Lipinski definition) is 7. The second-order valence-electron chi connectivity index (χ2n) is 10.8. The van der Waals surface area contributed by atoms with Gasteiger partial charge < -0.3 is 24.0 Å². The van der Waals surface area contributed by atoms with Crippen LogP contribution >= 0.6 is 0 Å². The summed E-state index contributed by atoms with van der Waals surface area (Å²) in [5.41, 5.74) is 1.20. The number of amides is 1. The fraction of sp³-hybridized carbons (Fsp3) is 0.414. The predicted molar refractivity (Wildman–Crippen MR) is 146 cm³/mol. The van der Waals surface area contributed by atoms with Gasteiger partial charge in [0.05, 0.1) is 11.6 Å². The summed E-state index contributed by atoms with van der Waals surface area (Å²) in [5.74, 6) is -1.11. The number of ether oxygens (including phenoxy) is 3. The summed E-state index contributed by atoms with van der Waals surface area (Å²) in [6, 6.07) is 17.2. The van der Waals surface area contributed by atoms with Crippen LogP contribution < -0.4 is 5.32 Å². The first-order valence-electron chi connectivity index (χ1n) is 12.6. The van der Waals surface area contributed by atoms with Gasteiger partial charge in [-0.25, -0.2) is 9.59 Å². The van der Waals surface area contributed by atoms with Crippen molar-refractivity contribution in [3.05, 3.63) is 83.9 Å². The Labute approximate surface area is 225 Å². The van der Waals surface area contributed by atoms with Gasteiger partial charge in [-0.2, -0.15) is 0 Å². The molecule has 1 N–H and O–H groups in total. The molecule has 0 bridgehead atoms. The molecule has 0 heterocycles. The maximum Gasteiger partial charge on any atom is 0.408 e. The molecule has 0 radical (unpaired) electrons. The van der Waals surface area contributed by atoms with E-state index in [1.54, 1.807) is 42.5 Å². The van der Waals surface area contributed by atoms with Crippen LogP contribution in [0, 0.1) is 0 Å². The average Bonchev–Trinajstić information content (AvgIpc) is 2.86. The van der Waals surface area contributed by atoms with Gasteiger partial charge >= 0.3 is 18.0 Å². The van der Waals surface area contributed by atoms with Crippen molar-refractivity contribution >= 4 is 26.3 Å². The zero-order valence-corrected chi connectivity index (χ0v) is 23.8. The molecule has 0 saturated carbocycles. The molecule has 0 saturated heterocycles. The fourth-order valence-electron chi connectivity index (χ4n) is 3.73. The first kappa shape index (κ1) is 29.1. The summed E-state index contributed by atoms with van der Waals surface area (Å²) in [4.78, 5) is 37.8. The molecule has 8 nitrogen and oxygen atoms in total. The molecule has 0 aromatic heterocycles. The molecule has 1 aliphatic rings. The van der Waals surface area contributed by atoms with Crippen LogP contribution in [0.25, 0.3) is 0 Å². The third kappa shape index (κ3) is 7.78. The Kier molecular flexibility index (Phi) is 9.51. The molecule has 0 spiro atoms. The Bertz CT molecular complexity index is 1130. The molecular weight excluding hydrogens is 502 g/mol. The van der Waals surface area contributed by atoms with Crippen LogP contribution in [0.5, 0.6) is 0 Å². The summed E-state index contributed by atoms with van der Waals surface area (Å²) < 4.78 is 23.6. The molecule has 2 aromatic rings. The zero-order chi connectivity index (χ0) is 27.9. The molecule has 0 unspecified atom stereocenters. The van der Waals surface area contributed by atoms with Gasteiger partial charge in [-0.05, 0) is 41.9 Å². The quantitative estimate of drug-likeness (QED) is 0.208. The van der Waals surface area contributed by atoms with Crippen LogP contribution in [-0.4, -0.2) is 50.7 Å². The van der Waals surface area contributed by atoms with Crippen molar-refractivity contribution in [2.75, 3.05) is 0 Å². The number of carbonyl (C=O) groups excluding carboxylic acids is 3. The van der Waals surface area contributed by atoms with Gasteiger partial charge in [0, 0.05) is 6.92 Å². The lowest BCUT2D eigenvalue weighted by atomic mass is 9.93. The van der Waals surface area contributed by atoms with Crippen LogP contribution in [-0.2, 0) is 30.0 Å². The van der Waals surface area contributed by atoms with E-state index in [0.717, 1.165) is 5.56 Å². The molecular formula is C29H37NO7Si. The Morgan fingerprint density at radius 2 is 1.47 bits per heavy atom. The normalized spacial score (nSPS) is 21.3. The van der Waals surface area contributed by atoms with E-state index in [4.69, 9.17) is 18.6 Å². The molecule has 2 aromatic carbocycles. The van der Waals surface area contributed by atoms with Crippen LogP contribution in [0.2, 0.25) is 18.1 Å². The topological polar surface area (TPSA) is 100 Å². The number of esters is 2. The molecule has 9 heteroatoms. The van der Waals surface area contributed by atoms with Crippen molar-refractivity contribution in [3.63, 3.8) is 0 Å². The van der Waals surface area contributed by atoms with Gasteiger partial charge in [-0.15, -0.1) is 0 Å². The van der Waals surface area contributed by atoms with E-state index in [1.807, 2.05) is 30.3 Å². The minimum Gasteiger partial charge on any atom is -0.454 e. The number of hydrogen-bond donors (Lipinski definition) is 1. The van der Waals surface area contributed by atoms with Gasteiger partial charge in [0.25, 0.3) is 0 Å². The lowest BCUT2D eigenvalue weighted by Gasteiger charge is -2.45. The van der Waals surface area contributed by atoms with Crippen molar-refractivity contribution in [3.8, 4) is 0 Å². The largest absolute Gasteiger partial charge is 0.454 e. The van der Waals surface area contributed by atoms with E-state index in [9.17, 15) is 14.4 Å². The summed E-state index contributed by atoms with van der Waals surface area (Å²) in [7, 11) is -2.46. The molecule has 204 valence electrons. The van der Waals surface area contributed by atoms with E-state index in [-0.39, 0.29) is 11.6 Å². The SMILES string of the molecule is CC(=O)O[C@H]1C=C[C@@H](NC(=O)OCc2ccccc2)[C@@H](O[Si](C)(C)C(C)(C)C)[C@@H]1OC(=O)c1ccccc1. The maximum atomic E-state index is 13.1. The first-order chi connectivity index (χ1) is 17.9. The average molecular weight is 540 g/mol. The van der Waals surface area contributed by atoms with Crippen LogP contribution in [0.1, 0.15) is 43.6 Å². The summed E-state index contributed by atoms with van der Waals surface area (Å²) >= 11 is 0. The van der Waals surface area contributed by atoms with Crippen LogP contribution in [0.15, 0.2) is 72.8 Å². The Morgan fingerprint density at radius 3 is 2.05 bits per heavy atom. The highest BCUT2D eigenvalue weighted by molar-refractivity contribution is 6.74. The van der Waals surface area contributed by atoms with Crippen molar-refractivity contribution in [2.45, 2.75) is 76.8 Å². The van der Waals surface area contributed by atoms with Crippen molar-refractivity contribution in [2.24, 2.45) is 0 Å². The fourth-order valence-corrected chi connectivity index (χ4v) is 5.04. The molecule has 0 aliphatic heterocycles. The van der Waals surface area contributed by atoms with Gasteiger partial charge in [0.2, 0.25) is 0 Å². The highest BCUT2D eigenvalue weighted by Gasteiger charge is 2.48. The van der Waals surface area contributed by atoms with Gasteiger partial charge in [-0.3, -0.25) is 4.79 Å². The summed E-state index contributed by atoms with van der Waals surface area (Å²) in [6.07, 6.45) is -0.0768. The van der Waals surface area contributed by atoms with E-state index < -0.39 is 50.7 Å².